The molecule has 3 rings (SSSR count). The first-order chi connectivity index (χ1) is 13.0. The molecule has 142 valence electrons. The van der Waals surface area contributed by atoms with Crippen molar-refractivity contribution in [3.05, 3.63) is 66.1 Å². The summed E-state index contributed by atoms with van der Waals surface area (Å²) in [6.45, 7) is 2.24. The summed E-state index contributed by atoms with van der Waals surface area (Å²) >= 11 is 0. The number of nitrogens with zero attached hydrogens (tertiary/aromatic N) is 2. The van der Waals surface area contributed by atoms with Crippen LogP contribution in [0.15, 0.2) is 54.9 Å². The van der Waals surface area contributed by atoms with Gasteiger partial charge in [-0.05, 0) is 36.8 Å². The van der Waals surface area contributed by atoms with Crippen molar-refractivity contribution < 1.29 is 13.2 Å². The number of fused-ring (bicyclic) bond motifs is 1. The van der Waals surface area contributed by atoms with Crippen LogP contribution in [0.4, 0.5) is 5.69 Å². The van der Waals surface area contributed by atoms with E-state index in [4.69, 9.17) is 0 Å². The molecular weight excluding hydrogens is 364 g/mol. The molecule has 3 aromatic rings. The summed E-state index contributed by atoms with van der Waals surface area (Å²) in [5.74, 6) is -0.210. The Morgan fingerprint density at radius 1 is 1.19 bits per heavy atom. The Kier molecular flexibility index (Phi) is 5.75. The van der Waals surface area contributed by atoms with Gasteiger partial charge in [-0.3, -0.25) is 9.52 Å². The minimum atomic E-state index is -3.39. The number of rotatable bonds is 8. The van der Waals surface area contributed by atoms with Gasteiger partial charge in [0.25, 0.3) is 5.91 Å². The third-order valence-corrected chi connectivity index (χ3v) is 5.44. The molecule has 2 N–H and O–H groups in total. The molecule has 0 bridgehead atoms. The van der Waals surface area contributed by atoms with Crippen LogP contribution in [-0.4, -0.2) is 36.0 Å². The number of nitrogens with one attached hydrogen (secondary N) is 2. The van der Waals surface area contributed by atoms with Gasteiger partial charge in [0.2, 0.25) is 10.0 Å². The van der Waals surface area contributed by atoms with Gasteiger partial charge < -0.3 is 9.72 Å². The molecule has 0 saturated carbocycles. The van der Waals surface area contributed by atoms with Crippen LogP contribution in [0.2, 0.25) is 0 Å². The predicted molar refractivity (Wildman–Crippen MR) is 105 cm³/mol. The maximum atomic E-state index is 12.3. The fourth-order valence-electron chi connectivity index (χ4n) is 2.74. The first-order valence-corrected chi connectivity index (χ1v) is 10.4. The van der Waals surface area contributed by atoms with Crippen LogP contribution < -0.4 is 10.0 Å². The third-order valence-electron chi connectivity index (χ3n) is 3.95. The van der Waals surface area contributed by atoms with E-state index in [1.165, 1.54) is 6.07 Å². The first-order valence-electron chi connectivity index (χ1n) is 8.78. The highest BCUT2D eigenvalue weighted by Crippen LogP contribution is 2.13. The van der Waals surface area contributed by atoms with Crippen molar-refractivity contribution in [2.24, 2.45) is 0 Å². The molecule has 0 aliphatic carbocycles. The molecule has 2 heterocycles. The van der Waals surface area contributed by atoms with Gasteiger partial charge in [-0.1, -0.05) is 19.1 Å². The van der Waals surface area contributed by atoms with Crippen LogP contribution in [0.25, 0.3) is 5.65 Å². The zero-order valence-corrected chi connectivity index (χ0v) is 15.9. The summed E-state index contributed by atoms with van der Waals surface area (Å²) in [5.41, 5.74) is 2.55. The quantitative estimate of drug-likeness (QED) is 0.622. The second-order valence-corrected chi connectivity index (χ2v) is 8.05. The second kappa shape index (κ2) is 8.22. The van der Waals surface area contributed by atoms with Crippen molar-refractivity contribution in [3.63, 3.8) is 0 Å². The standard InChI is InChI=1S/C19H22N4O3S/c1-2-12-27(25,26)22-16-7-5-6-15(13-16)19(24)20-10-9-17-14-23-11-4-3-8-18(23)21-17/h3-8,11,13-14,22H,2,9-10,12H2,1H3,(H,20,24). The Bertz CT molecular complexity index is 1010. The lowest BCUT2D eigenvalue weighted by molar-refractivity contribution is 0.0954. The fourth-order valence-corrected chi connectivity index (χ4v) is 3.86. The van der Waals surface area contributed by atoms with E-state index in [-0.39, 0.29) is 11.7 Å². The lowest BCUT2D eigenvalue weighted by Gasteiger charge is -2.09. The summed E-state index contributed by atoms with van der Waals surface area (Å²) < 4.78 is 28.2. The maximum Gasteiger partial charge on any atom is 0.251 e. The first kappa shape index (κ1) is 18.9. The van der Waals surface area contributed by atoms with Crippen molar-refractivity contribution in [1.29, 1.82) is 0 Å². The molecule has 1 amide bonds. The molecule has 1 aromatic carbocycles. The number of pyridine rings is 1. The van der Waals surface area contributed by atoms with E-state index in [9.17, 15) is 13.2 Å². The van der Waals surface area contributed by atoms with Gasteiger partial charge in [0.05, 0.1) is 11.4 Å². The fraction of sp³-hybridized carbons (Fsp3) is 0.263. The van der Waals surface area contributed by atoms with Crippen molar-refractivity contribution in [2.75, 3.05) is 17.0 Å². The van der Waals surface area contributed by atoms with Crippen molar-refractivity contribution in [1.82, 2.24) is 14.7 Å². The number of aromatic nitrogens is 2. The van der Waals surface area contributed by atoms with Crippen LogP contribution >= 0.6 is 0 Å². The Balaban J connectivity index is 1.58. The molecule has 2 aromatic heterocycles. The lowest BCUT2D eigenvalue weighted by atomic mass is 10.2. The van der Waals surface area contributed by atoms with Crippen LogP contribution in [0.3, 0.4) is 0 Å². The average molecular weight is 386 g/mol. The van der Waals surface area contributed by atoms with Crippen LogP contribution in [0, 0.1) is 0 Å². The third kappa shape index (κ3) is 5.07. The number of anilines is 1. The Hall–Kier alpha value is -2.87. The largest absolute Gasteiger partial charge is 0.352 e. The minimum Gasteiger partial charge on any atom is -0.352 e. The van der Waals surface area contributed by atoms with Crippen molar-refractivity contribution in [3.8, 4) is 0 Å². The van der Waals surface area contributed by atoms with E-state index in [0.717, 1.165) is 11.3 Å². The van der Waals surface area contributed by atoms with Crippen LogP contribution in [0.1, 0.15) is 29.4 Å². The summed E-state index contributed by atoms with van der Waals surface area (Å²) in [6, 6.07) is 12.2. The number of carbonyl (C=O) groups is 1. The zero-order chi connectivity index (χ0) is 19.3. The molecule has 27 heavy (non-hydrogen) atoms. The average Bonchev–Trinajstić information content (AvgIpc) is 3.04. The van der Waals surface area contributed by atoms with E-state index >= 15 is 0 Å². The van der Waals surface area contributed by atoms with E-state index in [2.05, 4.69) is 15.0 Å². The Morgan fingerprint density at radius 2 is 2.04 bits per heavy atom. The summed E-state index contributed by atoms with van der Waals surface area (Å²) in [5, 5.41) is 2.84. The Labute approximate surface area is 158 Å². The van der Waals surface area contributed by atoms with E-state index < -0.39 is 10.0 Å². The lowest BCUT2D eigenvalue weighted by Crippen LogP contribution is -2.26. The molecule has 0 saturated heterocycles. The summed E-state index contributed by atoms with van der Waals surface area (Å²) in [7, 11) is -3.39. The van der Waals surface area contributed by atoms with Crippen LogP contribution in [0.5, 0.6) is 0 Å². The summed E-state index contributed by atoms with van der Waals surface area (Å²) in [4.78, 5) is 16.8. The van der Waals surface area contributed by atoms with E-state index in [1.807, 2.05) is 35.0 Å². The number of hydrogen-bond donors (Lipinski definition) is 2. The molecule has 0 spiro atoms. The smallest absolute Gasteiger partial charge is 0.251 e. The van der Waals surface area contributed by atoms with Gasteiger partial charge >= 0.3 is 0 Å². The number of amides is 1. The maximum absolute atomic E-state index is 12.3. The molecule has 0 aliphatic heterocycles. The highest BCUT2D eigenvalue weighted by atomic mass is 32.2. The number of benzene rings is 1. The predicted octanol–water partition coefficient (Wildman–Crippen LogP) is 2.46. The molecule has 7 nitrogen and oxygen atoms in total. The van der Waals surface area contributed by atoms with Gasteiger partial charge in [0.1, 0.15) is 5.65 Å². The topological polar surface area (TPSA) is 92.6 Å². The van der Waals surface area contributed by atoms with Gasteiger partial charge in [-0.15, -0.1) is 0 Å². The number of imidazole rings is 1. The molecule has 0 radical (unpaired) electrons. The van der Waals surface area contributed by atoms with Crippen molar-refractivity contribution in [2.45, 2.75) is 19.8 Å². The van der Waals surface area contributed by atoms with Gasteiger partial charge in [-0.2, -0.15) is 0 Å². The molecular formula is C19H22N4O3S. The van der Waals surface area contributed by atoms with E-state index in [1.54, 1.807) is 25.1 Å². The molecule has 0 atom stereocenters. The minimum absolute atomic E-state index is 0.0441. The van der Waals surface area contributed by atoms with Gasteiger partial charge in [0, 0.05) is 36.6 Å². The van der Waals surface area contributed by atoms with Crippen molar-refractivity contribution >= 4 is 27.3 Å². The number of hydrogen-bond acceptors (Lipinski definition) is 4. The Morgan fingerprint density at radius 3 is 2.81 bits per heavy atom. The molecule has 0 aliphatic rings. The van der Waals surface area contributed by atoms with Gasteiger partial charge in [-0.25, -0.2) is 13.4 Å². The van der Waals surface area contributed by atoms with Crippen LogP contribution in [-0.2, 0) is 16.4 Å². The second-order valence-electron chi connectivity index (χ2n) is 6.21. The molecule has 0 fully saturated rings. The zero-order valence-electron chi connectivity index (χ0n) is 15.1. The SMILES string of the molecule is CCCS(=O)(=O)Nc1cccc(C(=O)NCCc2cn3ccccc3n2)c1. The molecule has 8 heteroatoms. The highest BCUT2D eigenvalue weighted by Gasteiger charge is 2.11. The highest BCUT2D eigenvalue weighted by molar-refractivity contribution is 7.92. The monoisotopic (exact) mass is 386 g/mol. The number of carbonyl (C=O) groups excluding carboxylic acids is 1. The van der Waals surface area contributed by atoms with Gasteiger partial charge in [0.15, 0.2) is 0 Å². The molecule has 0 unspecified atom stereocenters. The number of sulfonamides is 1. The van der Waals surface area contributed by atoms with E-state index in [0.29, 0.717) is 30.6 Å². The summed E-state index contributed by atoms with van der Waals surface area (Å²) in [6.07, 6.45) is 4.99. The normalized spacial score (nSPS) is 11.4.